The summed E-state index contributed by atoms with van der Waals surface area (Å²) in [6.45, 7) is 1.94. The van der Waals surface area contributed by atoms with Gasteiger partial charge in [0.05, 0.1) is 22.8 Å². The number of rotatable bonds is 7. The number of anilines is 2. The van der Waals surface area contributed by atoms with Crippen molar-refractivity contribution >= 4 is 40.9 Å². The first-order valence-corrected chi connectivity index (χ1v) is 8.74. The summed E-state index contributed by atoms with van der Waals surface area (Å²) in [5.74, 6) is -0.850. The fourth-order valence-electron chi connectivity index (χ4n) is 2.15. The van der Waals surface area contributed by atoms with E-state index in [0.29, 0.717) is 5.69 Å². The normalized spacial score (nSPS) is 10.1. The van der Waals surface area contributed by atoms with Crippen molar-refractivity contribution in [2.45, 2.75) is 6.92 Å². The number of para-hydroxylation sites is 1. The van der Waals surface area contributed by atoms with Crippen molar-refractivity contribution in [1.29, 1.82) is 0 Å². The Morgan fingerprint density at radius 1 is 0.960 bits per heavy atom. The summed E-state index contributed by atoms with van der Waals surface area (Å²) in [7, 11) is 0. The molecule has 0 spiro atoms. The zero-order chi connectivity index (χ0) is 18.2. The molecule has 2 rings (SSSR count). The molecule has 7 heteroatoms. The highest BCUT2D eigenvalue weighted by Gasteiger charge is 2.11. The Kier molecular flexibility index (Phi) is 6.59. The highest BCUT2D eigenvalue weighted by molar-refractivity contribution is 8.00. The van der Waals surface area contributed by atoms with Crippen LogP contribution in [0.4, 0.5) is 11.4 Å². The maximum atomic E-state index is 12.0. The third kappa shape index (κ3) is 5.96. The Bertz CT molecular complexity index is 793. The van der Waals surface area contributed by atoms with Gasteiger partial charge in [-0.15, -0.1) is 11.8 Å². The van der Waals surface area contributed by atoms with E-state index in [1.807, 2.05) is 31.2 Å². The lowest BCUT2D eigenvalue weighted by atomic mass is 10.1. The molecule has 0 aliphatic heterocycles. The first kappa shape index (κ1) is 18.5. The molecule has 3 amide bonds. The molecular formula is C18H19N3O3S. The van der Waals surface area contributed by atoms with Crippen LogP contribution in [-0.4, -0.2) is 29.2 Å². The van der Waals surface area contributed by atoms with Crippen LogP contribution in [0.2, 0.25) is 0 Å². The third-order valence-electron chi connectivity index (χ3n) is 3.23. The number of thioether (sulfide) groups is 1. The molecule has 0 radical (unpaired) electrons. The van der Waals surface area contributed by atoms with Gasteiger partial charge in [0.1, 0.15) is 0 Å². The molecule has 4 N–H and O–H groups in total. The van der Waals surface area contributed by atoms with Crippen molar-refractivity contribution in [2.75, 3.05) is 22.1 Å². The Morgan fingerprint density at radius 3 is 2.32 bits per heavy atom. The van der Waals surface area contributed by atoms with Gasteiger partial charge in [0.2, 0.25) is 11.8 Å². The van der Waals surface area contributed by atoms with Crippen LogP contribution >= 0.6 is 11.8 Å². The number of primary amides is 1. The smallest absolute Gasteiger partial charge is 0.250 e. The van der Waals surface area contributed by atoms with Gasteiger partial charge in [-0.05, 0) is 36.8 Å². The number of benzene rings is 2. The molecule has 2 aromatic carbocycles. The number of amides is 3. The molecule has 0 aliphatic rings. The molecule has 0 aliphatic carbocycles. The third-order valence-corrected chi connectivity index (χ3v) is 4.17. The average Bonchev–Trinajstić information content (AvgIpc) is 2.55. The van der Waals surface area contributed by atoms with Crippen LogP contribution in [0.15, 0.2) is 48.5 Å². The van der Waals surface area contributed by atoms with Gasteiger partial charge in [-0.2, -0.15) is 0 Å². The second kappa shape index (κ2) is 8.89. The molecule has 0 atom stereocenters. The number of carbonyl (C=O) groups is 3. The molecule has 6 nitrogen and oxygen atoms in total. The molecule has 0 fully saturated rings. The van der Waals surface area contributed by atoms with E-state index < -0.39 is 5.91 Å². The van der Waals surface area contributed by atoms with E-state index in [1.54, 1.807) is 24.3 Å². The minimum absolute atomic E-state index is 0.0916. The van der Waals surface area contributed by atoms with E-state index in [4.69, 9.17) is 5.73 Å². The van der Waals surface area contributed by atoms with E-state index in [1.165, 1.54) is 11.8 Å². The largest absolute Gasteiger partial charge is 0.366 e. The highest BCUT2D eigenvalue weighted by Crippen LogP contribution is 2.15. The predicted molar refractivity (Wildman–Crippen MR) is 101 cm³/mol. The molecular weight excluding hydrogens is 338 g/mol. The zero-order valence-corrected chi connectivity index (χ0v) is 14.6. The van der Waals surface area contributed by atoms with Crippen molar-refractivity contribution in [3.05, 3.63) is 59.7 Å². The van der Waals surface area contributed by atoms with Gasteiger partial charge >= 0.3 is 0 Å². The van der Waals surface area contributed by atoms with Crippen LogP contribution in [0.5, 0.6) is 0 Å². The van der Waals surface area contributed by atoms with Crippen molar-refractivity contribution in [1.82, 2.24) is 0 Å². The molecule has 25 heavy (non-hydrogen) atoms. The lowest BCUT2D eigenvalue weighted by Crippen LogP contribution is -2.21. The Morgan fingerprint density at radius 2 is 1.64 bits per heavy atom. The minimum atomic E-state index is -0.610. The van der Waals surface area contributed by atoms with Gasteiger partial charge in [-0.3, -0.25) is 14.4 Å². The Balaban J connectivity index is 1.79. The second-order valence-electron chi connectivity index (χ2n) is 5.37. The second-order valence-corrected chi connectivity index (χ2v) is 6.35. The summed E-state index contributed by atoms with van der Waals surface area (Å²) in [6.07, 6.45) is 0. The Labute approximate surface area is 150 Å². The topological polar surface area (TPSA) is 101 Å². The average molecular weight is 357 g/mol. The maximum absolute atomic E-state index is 12.0. The summed E-state index contributed by atoms with van der Waals surface area (Å²) in [6, 6.07) is 14.0. The predicted octanol–water partition coefficient (Wildman–Crippen LogP) is 2.40. The summed E-state index contributed by atoms with van der Waals surface area (Å²) >= 11 is 1.19. The number of carbonyl (C=O) groups excluding carboxylic acids is 3. The van der Waals surface area contributed by atoms with E-state index in [9.17, 15) is 14.4 Å². The summed E-state index contributed by atoms with van der Waals surface area (Å²) in [4.78, 5) is 35.2. The Hall–Kier alpha value is -2.80. The van der Waals surface area contributed by atoms with Gasteiger partial charge in [0.15, 0.2) is 0 Å². The monoisotopic (exact) mass is 357 g/mol. The van der Waals surface area contributed by atoms with Gasteiger partial charge in [0, 0.05) is 5.69 Å². The summed E-state index contributed by atoms with van der Waals surface area (Å²) in [5.41, 5.74) is 7.66. The molecule has 0 saturated heterocycles. The van der Waals surface area contributed by atoms with Crippen LogP contribution in [0.1, 0.15) is 15.9 Å². The fraction of sp³-hybridized carbons (Fsp3) is 0.167. The molecule has 0 saturated carbocycles. The lowest BCUT2D eigenvalue weighted by Gasteiger charge is -2.09. The minimum Gasteiger partial charge on any atom is -0.366 e. The van der Waals surface area contributed by atoms with E-state index in [2.05, 4.69) is 10.6 Å². The lowest BCUT2D eigenvalue weighted by molar-refractivity contribution is -0.114. The molecule has 0 aromatic heterocycles. The number of nitrogens with two attached hydrogens (primary N) is 1. The SMILES string of the molecule is Cc1cccc(NC(=O)CSCC(=O)Nc2ccccc2C(N)=O)c1. The van der Waals surface area contributed by atoms with Gasteiger partial charge in [0.25, 0.3) is 5.91 Å². The fourth-order valence-corrected chi connectivity index (χ4v) is 2.77. The van der Waals surface area contributed by atoms with Gasteiger partial charge < -0.3 is 16.4 Å². The molecule has 2 aromatic rings. The maximum Gasteiger partial charge on any atom is 0.250 e. The number of hydrogen-bond donors (Lipinski definition) is 3. The number of aryl methyl sites for hydroxylation is 1. The van der Waals surface area contributed by atoms with Crippen molar-refractivity contribution in [3.63, 3.8) is 0 Å². The van der Waals surface area contributed by atoms with Crippen molar-refractivity contribution in [2.24, 2.45) is 5.73 Å². The van der Waals surface area contributed by atoms with E-state index in [-0.39, 0.29) is 28.9 Å². The first-order valence-electron chi connectivity index (χ1n) is 7.58. The number of hydrogen-bond acceptors (Lipinski definition) is 4. The van der Waals surface area contributed by atoms with Crippen LogP contribution < -0.4 is 16.4 Å². The molecule has 0 heterocycles. The standard InChI is InChI=1S/C18H19N3O3S/c1-12-5-4-6-13(9-12)20-16(22)10-25-11-17(23)21-15-8-3-2-7-14(15)18(19)24/h2-9H,10-11H2,1H3,(H2,19,24)(H,20,22)(H,21,23). The molecule has 130 valence electrons. The van der Waals surface area contributed by atoms with Crippen molar-refractivity contribution in [3.8, 4) is 0 Å². The quantitative estimate of drug-likeness (QED) is 0.708. The van der Waals surface area contributed by atoms with Gasteiger partial charge in [-0.1, -0.05) is 24.3 Å². The van der Waals surface area contributed by atoms with Crippen molar-refractivity contribution < 1.29 is 14.4 Å². The van der Waals surface area contributed by atoms with Crippen LogP contribution in [-0.2, 0) is 9.59 Å². The molecule has 0 bridgehead atoms. The first-order chi connectivity index (χ1) is 12.0. The highest BCUT2D eigenvalue weighted by atomic mass is 32.2. The van der Waals surface area contributed by atoms with Gasteiger partial charge in [-0.25, -0.2) is 0 Å². The van der Waals surface area contributed by atoms with Crippen LogP contribution in [0.25, 0.3) is 0 Å². The van der Waals surface area contributed by atoms with E-state index >= 15 is 0 Å². The molecule has 0 unspecified atom stereocenters. The zero-order valence-electron chi connectivity index (χ0n) is 13.7. The van der Waals surface area contributed by atoms with Crippen LogP contribution in [0, 0.1) is 6.92 Å². The number of nitrogens with one attached hydrogen (secondary N) is 2. The van der Waals surface area contributed by atoms with E-state index in [0.717, 1.165) is 11.3 Å². The summed E-state index contributed by atoms with van der Waals surface area (Å²) < 4.78 is 0. The summed E-state index contributed by atoms with van der Waals surface area (Å²) in [5, 5.41) is 5.41. The van der Waals surface area contributed by atoms with Crippen LogP contribution in [0.3, 0.4) is 0 Å².